The first-order valence-electron chi connectivity index (χ1n) is 8.26. The first-order chi connectivity index (χ1) is 12.8. The number of thioether (sulfide) groups is 1. The molecular formula is C22H16NO2S+. The highest BCUT2D eigenvalue weighted by Crippen LogP contribution is 2.51. The Bertz CT molecular complexity index is 984. The van der Waals surface area contributed by atoms with E-state index in [4.69, 9.17) is 0 Å². The van der Waals surface area contributed by atoms with Gasteiger partial charge in [-0.1, -0.05) is 66.7 Å². The Morgan fingerprint density at radius 2 is 1.19 bits per heavy atom. The number of imide groups is 1. The normalized spacial score (nSPS) is 19.6. The standard InChI is InChI=1S/C22H16NO2S/c24-16-23(19-14-8-3-9-15-19)20(17-10-4-1-5-11-17)21(26-22(23)25)18-12-6-2-7-13-18/h1-16H/q+1. The number of hydrogen-bond donors (Lipinski definition) is 0. The molecule has 1 unspecified atom stereocenters. The summed E-state index contributed by atoms with van der Waals surface area (Å²) in [5.41, 5.74) is 3.14. The Hall–Kier alpha value is -2.95. The van der Waals surface area contributed by atoms with Crippen molar-refractivity contribution in [1.82, 2.24) is 4.48 Å². The van der Waals surface area contributed by atoms with E-state index in [1.165, 1.54) is 0 Å². The minimum absolute atomic E-state index is 0.219. The number of quaternary nitrogens is 1. The van der Waals surface area contributed by atoms with Gasteiger partial charge in [0, 0.05) is 29.5 Å². The van der Waals surface area contributed by atoms with E-state index in [0.29, 0.717) is 11.4 Å². The summed E-state index contributed by atoms with van der Waals surface area (Å²) >= 11 is 1.13. The predicted octanol–water partition coefficient (Wildman–Crippen LogP) is 5.54. The zero-order valence-electron chi connectivity index (χ0n) is 13.9. The molecule has 1 heterocycles. The summed E-state index contributed by atoms with van der Waals surface area (Å²) in [5.74, 6) is 0. The molecule has 4 heteroatoms. The summed E-state index contributed by atoms with van der Waals surface area (Å²) in [7, 11) is 0. The van der Waals surface area contributed by atoms with Crippen LogP contribution in [0.3, 0.4) is 0 Å². The zero-order valence-corrected chi connectivity index (χ0v) is 14.7. The van der Waals surface area contributed by atoms with E-state index in [1.807, 2.05) is 91.0 Å². The lowest BCUT2D eigenvalue weighted by atomic mass is 10.0. The molecule has 0 bridgehead atoms. The minimum Gasteiger partial charge on any atom is -0.232 e. The van der Waals surface area contributed by atoms with E-state index in [-0.39, 0.29) is 5.24 Å². The fourth-order valence-corrected chi connectivity index (χ4v) is 4.40. The van der Waals surface area contributed by atoms with Gasteiger partial charge in [-0.3, -0.25) is 0 Å². The van der Waals surface area contributed by atoms with Gasteiger partial charge in [0.1, 0.15) is 0 Å². The second kappa shape index (κ2) is 6.75. The number of nitrogens with zero attached hydrogens (tertiary/aromatic N) is 1. The largest absolute Gasteiger partial charge is 0.397 e. The number of benzene rings is 3. The summed E-state index contributed by atoms with van der Waals surface area (Å²) in [6.07, 6.45) is 0.739. The van der Waals surface area contributed by atoms with Crippen molar-refractivity contribution in [1.29, 1.82) is 0 Å². The molecule has 0 N–H and O–H groups in total. The molecule has 1 aliphatic rings. The van der Waals surface area contributed by atoms with Crippen LogP contribution in [0, 0.1) is 0 Å². The third-order valence-corrected chi connectivity index (χ3v) is 5.55. The van der Waals surface area contributed by atoms with Crippen LogP contribution in [-0.2, 0) is 4.79 Å². The molecule has 0 radical (unpaired) electrons. The molecule has 2 amide bonds. The van der Waals surface area contributed by atoms with Crippen LogP contribution in [0.5, 0.6) is 0 Å². The van der Waals surface area contributed by atoms with Crippen molar-refractivity contribution in [2.24, 2.45) is 0 Å². The molecule has 1 atom stereocenters. The summed E-state index contributed by atoms with van der Waals surface area (Å²) in [5, 5.41) is -0.219. The van der Waals surface area contributed by atoms with Gasteiger partial charge in [-0.05, 0) is 17.7 Å². The van der Waals surface area contributed by atoms with Crippen molar-refractivity contribution < 1.29 is 9.59 Å². The van der Waals surface area contributed by atoms with Crippen molar-refractivity contribution in [2.75, 3.05) is 0 Å². The molecule has 0 aromatic heterocycles. The van der Waals surface area contributed by atoms with Gasteiger partial charge in [-0.2, -0.15) is 0 Å². The van der Waals surface area contributed by atoms with Crippen molar-refractivity contribution >= 4 is 39.7 Å². The third-order valence-electron chi connectivity index (χ3n) is 4.45. The van der Waals surface area contributed by atoms with Gasteiger partial charge < -0.3 is 0 Å². The van der Waals surface area contributed by atoms with Gasteiger partial charge in [0.2, 0.25) is 0 Å². The summed E-state index contributed by atoms with van der Waals surface area (Å²) < 4.78 is -0.445. The first-order valence-corrected chi connectivity index (χ1v) is 9.08. The van der Waals surface area contributed by atoms with Crippen LogP contribution in [0.2, 0.25) is 0 Å². The fraction of sp³-hybridized carbons (Fsp3) is 0. The monoisotopic (exact) mass is 358 g/mol. The Labute approximate surface area is 156 Å². The smallest absolute Gasteiger partial charge is 0.232 e. The maximum atomic E-state index is 13.2. The van der Waals surface area contributed by atoms with Crippen LogP contribution >= 0.6 is 11.8 Å². The second-order valence-corrected chi connectivity index (χ2v) is 6.90. The van der Waals surface area contributed by atoms with E-state index in [0.717, 1.165) is 34.2 Å². The quantitative estimate of drug-likeness (QED) is 0.453. The number of para-hydroxylation sites is 1. The lowest BCUT2D eigenvalue weighted by Gasteiger charge is -2.25. The van der Waals surface area contributed by atoms with Crippen molar-refractivity contribution in [3.63, 3.8) is 0 Å². The van der Waals surface area contributed by atoms with Gasteiger partial charge in [-0.25, -0.2) is 9.59 Å². The van der Waals surface area contributed by atoms with E-state index in [1.54, 1.807) is 0 Å². The Morgan fingerprint density at radius 3 is 1.73 bits per heavy atom. The zero-order chi connectivity index (χ0) is 18.0. The molecule has 0 saturated heterocycles. The molecular weight excluding hydrogens is 342 g/mol. The van der Waals surface area contributed by atoms with Crippen molar-refractivity contribution in [2.45, 2.75) is 0 Å². The van der Waals surface area contributed by atoms with Crippen LogP contribution in [0.1, 0.15) is 11.1 Å². The number of hydrogen-bond acceptors (Lipinski definition) is 3. The molecule has 0 fully saturated rings. The number of amides is 2. The van der Waals surface area contributed by atoms with Gasteiger partial charge in [0.05, 0.1) is 4.91 Å². The molecule has 0 aliphatic carbocycles. The number of rotatable bonds is 4. The van der Waals surface area contributed by atoms with Gasteiger partial charge in [-0.15, -0.1) is 4.48 Å². The molecule has 0 saturated carbocycles. The van der Waals surface area contributed by atoms with Crippen LogP contribution in [0.15, 0.2) is 91.0 Å². The highest BCUT2D eigenvalue weighted by Gasteiger charge is 2.53. The van der Waals surface area contributed by atoms with Crippen LogP contribution < -0.4 is 4.48 Å². The maximum absolute atomic E-state index is 13.2. The van der Waals surface area contributed by atoms with Crippen molar-refractivity contribution in [3.05, 3.63) is 102 Å². The average Bonchev–Trinajstić information content (AvgIpc) is 3.03. The van der Waals surface area contributed by atoms with E-state index >= 15 is 0 Å². The number of carbonyl (C=O) groups is 2. The summed E-state index contributed by atoms with van der Waals surface area (Å²) in [6.45, 7) is 0. The van der Waals surface area contributed by atoms with E-state index < -0.39 is 4.48 Å². The predicted molar refractivity (Wildman–Crippen MR) is 107 cm³/mol. The molecule has 26 heavy (non-hydrogen) atoms. The minimum atomic E-state index is -0.445. The molecule has 3 nitrogen and oxygen atoms in total. The van der Waals surface area contributed by atoms with Gasteiger partial charge in [0.15, 0.2) is 11.4 Å². The maximum Gasteiger partial charge on any atom is 0.397 e. The molecule has 0 spiro atoms. The lowest BCUT2D eigenvalue weighted by Crippen LogP contribution is -2.46. The average molecular weight is 358 g/mol. The molecule has 1 aliphatic heterocycles. The van der Waals surface area contributed by atoms with Crippen LogP contribution in [0.25, 0.3) is 10.6 Å². The Morgan fingerprint density at radius 1 is 0.692 bits per heavy atom. The SMILES string of the molecule is O=C[N+]1(c2ccccc2)C(=O)SC(c2ccccc2)=C1c1ccccc1. The van der Waals surface area contributed by atoms with Gasteiger partial charge in [0.25, 0.3) is 0 Å². The van der Waals surface area contributed by atoms with Crippen LogP contribution in [-0.4, -0.2) is 11.6 Å². The van der Waals surface area contributed by atoms with E-state index in [9.17, 15) is 9.59 Å². The van der Waals surface area contributed by atoms with E-state index in [2.05, 4.69) is 0 Å². The summed E-state index contributed by atoms with van der Waals surface area (Å²) in [6, 6.07) is 28.6. The second-order valence-electron chi connectivity index (χ2n) is 5.94. The highest BCUT2D eigenvalue weighted by atomic mass is 32.2. The van der Waals surface area contributed by atoms with Crippen LogP contribution in [0.4, 0.5) is 10.5 Å². The van der Waals surface area contributed by atoms with Gasteiger partial charge >= 0.3 is 11.6 Å². The topological polar surface area (TPSA) is 34.1 Å². The Balaban J connectivity index is 2.06. The molecule has 3 aromatic carbocycles. The molecule has 126 valence electrons. The lowest BCUT2D eigenvalue weighted by molar-refractivity contribution is -0.112. The summed E-state index contributed by atoms with van der Waals surface area (Å²) in [4.78, 5) is 26.4. The fourth-order valence-electron chi connectivity index (χ4n) is 3.23. The van der Waals surface area contributed by atoms with Crippen molar-refractivity contribution in [3.8, 4) is 0 Å². The third kappa shape index (κ3) is 2.51. The number of carbonyl (C=O) groups excluding carboxylic acids is 2. The Kier molecular flexibility index (Phi) is 4.29. The molecule has 4 rings (SSSR count). The first kappa shape index (κ1) is 16.5. The highest BCUT2D eigenvalue weighted by molar-refractivity contribution is 8.22. The molecule has 3 aromatic rings.